The molecule has 0 radical (unpaired) electrons. The number of benzene rings is 3. The van der Waals surface area contributed by atoms with E-state index in [1.54, 1.807) is 17.0 Å². The first kappa shape index (κ1) is 19.6. The van der Waals surface area contributed by atoms with Crippen LogP contribution in [0.1, 0.15) is 22.9 Å². The molecule has 1 aliphatic heterocycles. The molecule has 0 bridgehead atoms. The van der Waals surface area contributed by atoms with Crippen molar-refractivity contribution in [2.24, 2.45) is 0 Å². The molecule has 4 aromatic rings. The van der Waals surface area contributed by atoms with Gasteiger partial charge in [0.05, 0.1) is 24.0 Å². The molecular weight excluding hydrogens is 457 g/mol. The van der Waals surface area contributed by atoms with Crippen LogP contribution in [0.25, 0.3) is 5.69 Å². The number of aromatic nitrogens is 1. The molecule has 3 aromatic carbocycles. The first-order valence-electron chi connectivity index (χ1n) is 9.95. The summed E-state index contributed by atoms with van der Waals surface area (Å²) >= 11 is 3.50. The molecule has 154 valence electrons. The molecule has 0 fully saturated rings. The van der Waals surface area contributed by atoms with Gasteiger partial charge >= 0.3 is 6.03 Å². The Morgan fingerprint density at radius 3 is 2.48 bits per heavy atom. The number of halogens is 2. The number of anilines is 1. The number of hydrogen-bond donors (Lipinski definition) is 1. The zero-order valence-electron chi connectivity index (χ0n) is 16.5. The Hall–Kier alpha value is -3.38. The van der Waals surface area contributed by atoms with Gasteiger partial charge in [-0.3, -0.25) is 0 Å². The van der Waals surface area contributed by atoms with Crippen LogP contribution in [0.5, 0.6) is 0 Å². The van der Waals surface area contributed by atoms with E-state index < -0.39 is 0 Å². The molecule has 0 saturated heterocycles. The smallest absolute Gasteiger partial charge is 0.318 e. The second-order valence-corrected chi connectivity index (χ2v) is 8.28. The average Bonchev–Trinajstić information content (AvgIpc) is 3.20. The van der Waals surface area contributed by atoms with Crippen molar-refractivity contribution in [3.05, 3.63) is 118 Å². The summed E-state index contributed by atoms with van der Waals surface area (Å²) in [4.78, 5) is 15.4. The minimum atomic E-state index is -0.384. The molecule has 6 heteroatoms. The van der Waals surface area contributed by atoms with Gasteiger partial charge in [-0.2, -0.15) is 0 Å². The third-order valence-electron chi connectivity index (χ3n) is 5.53. The van der Waals surface area contributed by atoms with Gasteiger partial charge in [0.2, 0.25) is 0 Å². The number of carbonyl (C=O) groups is 1. The number of fused-ring (bicyclic) bond motifs is 3. The van der Waals surface area contributed by atoms with Gasteiger partial charge in [-0.05, 0) is 69.5 Å². The van der Waals surface area contributed by atoms with E-state index >= 15 is 0 Å². The third kappa shape index (κ3) is 3.64. The molecule has 0 spiro atoms. The minimum Gasteiger partial charge on any atom is -0.318 e. The third-order valence-corrected chi connectivity index (χ3v) is 6.22. The summed E-state index contributed by atoms with van der Waals surface area (Å²) in [5, 5.41) is 3.03. The van der Waals surface area contributed by atoms with Crippen LogP contribution in [0.3, 0.4) is 0 Å². The van der Waals surface area contributed by atoms with E-state index in [1.165, 1.54) is 12.1 Å². The van der Waals surface area contributed by atoms with Crippen LogP contribution in [-0.2, 0) is 6.54 Å². The summed E-state index contributed by atoms with van der Waals surface area (Å²) in [5.41, 5.74) is 4.55. The van der Waals surface area contributed by atoms with Crippen molar-refractivity contribution in [3.8, 4) is 5.69 Å². The fraction of sp³-hybridized carbons (Fsp3) is 0.0800. The maximum absolute atomic E-state index is 13.7. The van der Waals surface area contributed by atoms with Crippen molar-refractivity contribution < 1.29 is 9.18 Å². The fourth-order valence-electron chi connectivity index (χ4n) is 4.08. The largest absolute Gasteiger partial charge is 0.323 e. The van der Waals surface area contributed by atoms with E-state index in [4.69, 9.17) is 0 Å². The lowest BCUT2D eigenvalue weighted by Crippen LogP contribution is -2.38. The lowest BCUT2D eigenvalue weighted by molar-refractivity contribution is 0.194. The average molecular weight is 476 g/mol. The Bertz CT molecular complexity index is 1250. The molecule has 1 aromatic heterocycles. The normalized spacial score (nSPS) is 15.0. The Morgan fingerprint density at radius 2 is 1.68 bits per heavy atom. The molecule has 0 saturated carbocycles. The lowest BCUT2D eigenvalue weighted by Gasteiger charge is -2.31. The van der Waals surface area contributed by atoms with Crippen LogP contribution >= 0.6 is 15.9 Å². The number of amides is 2. The number of para-hydroxylation sites is 2. The fourth-order valence-corrected chi connectivity index (χ4v) is 4.47. The van der Waals surface area contributed by atoms with E-state index in [0.717, 1.165) is 27.0 Å². The molecule has 4 nitrogen and oxygen atoms in total. The number of hydrogen-bond acceptors (Lipinski definition) is 1. The molecular formula is C25H19BrFN3O. The number of carbonyl (C=O) groups excluding carboxylic acids is 1. The lowest BCUT2D eigenvalue weighted by atomic mass is 10.0. The SMILES string of the molecule is O=C(Nc1ccccc1Br)N1Cc2ccccc2-n2cccc2[C@@H]1c1ccc(F)cc1. The molecule has 0 unspecified atom stereocenters. The molecule has 2 amide bonds. The van der Waals surface area contributed by atoms with Crippen LogP contribution in [0, 0.1) is 5.82 Å². The van der Waals surface area contributed by atoms with Crippen molar-refractivity contribution in [1.82, 2.24) is 9.47 Å². The Labute approximate surface area is 188 Å². The van der Waals surface area contributed by atoms with Crippen molar-refractivity contribution in [1.29, 1.82) is 0 Å². The van der Waals surface area contributed by atoms with Gasteiger partial charge in [0.1, 0.15) is 5.82 Å². The molecule has 2 heterocycles. The summed E-state index contributed by atoms with van der Waals surface area (Å²) in [6.07, 6.45) is 2.00. The monoisotopic (exact) mass is 475 g/mol. The number of nitrogens with one attached hydrogen (secondary N) is 1. The predicted molar refractivity (Wildman–Crippen MR) is 123 cm³/mol. The summed E-state index contributed by atoms with van der Waals surface area (Å²) in [5.74, 6) is -0.305. The van der Waals surface area contributed by atoms with Crippen molar-refractivity contribution in [2.45, 2.75) is 12.6 Å². The van der Waals surface area contributed by atoms with Crippen molar-refractivity contribution in [3.63, 3.8) is 0 Å². The van der Waals surface area contributed by atoms with Crippen LogP contribution in [0.2, 0.25) is 0 Å². The molecule has 1 atom stereocenters. The van der Waals surface area contributed by atoms with E-state index in [-0.39, 0.29) is 17.9 Å². The van der Waals surface area contributed by atoms with Gasteiger partial charge < -0.3 is 14.8 Å². The minimum absolute atomic E-state index is 0.231. The van der Waals surface area contributed by atoms with Crippen LogP contribution < -0.4 is 5.32 Å². The maximum Gasteiger partial charge on any atom is 0.323 e. The highest BCUT2D eigenvalue weighted by molar-refractivity contribution is 9.10. The summed E-state index contributed by atoms with van der Waals surface area (Å²) in [6.45, 7) is 0.413. The first-order valence-corrected chi connectivity index (χ1v) is 10.7. The highest BCUT2D eigenvalue weighted by atomic mass is 79.9. The second-order valence-electron chi connectivity index (χ2n) is 7.42. The highest BCUT2D eigenvalue weighted by Gasteiger charge is 2.33. The Balaban J connectivity index is 1.64. The molecule has 0 aliphatic carbocycles. The van der Waals surface area contributed by atoms with E-state index in [2.05, 4.69) is 31.9 Å². The van der Waals surface area contributed by atoms with Gasteiger partial charge in [0, 0.05) is 16.4 Å². The van der Waals surface area contributed by atoms with Gasteiger partial charge in [-0.1, -0.05) is 42.5 Å². The number of urea groups is 1. The summed E-state index contributed by atoms with van der Waals surface area (Å²) < 4.78 is 16.6. The second kappa shape index (κ2) is 8.04. The number of nitrogens with zero attached hydrogens (tertiary/aromatic N) is 2. The molecule has 1 aliphatic rings. The van der Waals surface area contributed by atoms with Crippen molar-refractivity contribution >= 4 is 27.6 Å². The number of rotatable bonds is 2. The zero-order valence-corrected chi connectivity index (χ0v) is 18.1. The highest BCUT2D eigenvalue weighted by Crippen LogP contribution is 2.37. The van der Waals surface area contributed by atoms with Crippen LogP contribution in [-0.4, -0.2) is 15.5 Å². The summed E-state index contributed by atoms with van der Waals surface area (Å²) in [6, 6.07) is 25.3. The predicted octanol–water partition coefficient (Wildman–Crippen LogP) is 6.52. The zero-order chi connectivity index (χ0) is 21.4. The first-order chi connectivity index (χ1) is 15.1. The quantitative estimate of drug-likeness (QED) is 0.352. The van der Waals surface area contributed by atoms with Gasteiger partial charge in [-0.15, -0.1) is 0 Å². The van der Waals surface area contributed by atoms with E-state index in [0.29, 0.717) is 12.2 Å². The molecule has 5 rings (SSSR count). The van der Waals surface area contributed by atoms with Crippen LogP contribution in [0.4, 0.5) is 14.9 Å². The molecule has 1 N–H and O–H groups in total. The topological polar surface area (TPSA) is 37.3 Å². The van der Waals surface area contributed by atoms with E-state index in [9.17, 15) is 9.18 Å². The standard InChI is InChI=1S/C25H19BrFN3O/c26-20-7-2-3-8-21(20)28-25(31)30-16-18-6-1-4-9-22(18)29-15-5-10-23(29)24(30)17-11-13-19(27)14-12-17/h1-15,24H,16H2,(H,28,31)/t24-/m0/s1. The van der Waals surface area contributed by atoms with Gasteiger partial charge in [0.25, 0.3) is 0 Å². The summed E-state index contributed by atoms with van der Waals surface area (Å²) in [7, 11) is 0. The van der Waals surface area contributed by atoms with Gasteiger partial charge in [0.15, 0.2) is 0 Å². The van der Waals surface area contributed by atoms with E-state index in [1.807, 2.05) is 60.8 Å². The maximum atomic E-state index is 13.7. The van der Waals surface area contributed by atoms with Crippen molar-refractivity contribution in [2.75, 3.05) is 5.32 Å². The van der Waals surface area contributed by atoms with Gasteiger partial charge in [-0.25, -0.2) is 9.18 Å². The Kier molecular flexibility index (Phi) is 5.08. The Morgan fingerprint density at radius 1 is 0.935 bits per heavy atom. The molecule has 31 heavy (non-hydrogen) atoms. The van der Waals surface area contributed by atoms with Crippen LogP contribution in [0.15, 0.2) is 95.6 Å².